The summed E-state index contributed by atoms with van der Waals surface area (Å²) >= 11 is 0. The molecule has 0 saturated carbocycles. The van der Waals surface area contributed by atoms with Gasteiger partial charge in [-0.3, -0.25) is 0 Å². The van der Waals surface area contributed by atoms with Gasteiger partial charge in [-0.05, 0) is 6.42 Å². The molecule has 19 valence electrons. The Labute approximate surface area is 28.9 Å². The maximum absolute atomic E-state index is 3.28. The van der Waals surface area contributed by atoms with Crippen molar-refractivity contribution in [3.05, 3.63) is 11.3 Å². The Morgan fingerprint density at radius 1 is 2.00 bits per heavy atom. The Bertz CT molecular complexity index is 54.3. The summed E-state index contributed by atoms with van der Waals surface area (Å²) in [6, 6.07) is 0. The van der Waals surface area contributed by atoms with Crippen LogP contribution in [0.1, 0.15) is 6.42 Å². The van der Waals surface area contributed by atoms with E-state index in [1.165, 1.54) is 11.6 Å². The molecule has 0 aliphatic heterocycles. The highest BCUT2D eigenvalue weighted by molar-refractivity contribution is 6.24. The minimum absolute atomic E-state index is 1.19. The fraction of sp³-hybridized carbons (Fsp3) is 0.333. The molecule has 4 heavy (non-hydrogen) atoms. The van der Waals surface area contributed by atoms with Crippen molar-refractivity contribution in [2.45, 2.75) is 6.42 Å². The van der Waals surface area contributed by atoms with Crippen LogP contribution in [0.5, 0.6) is 0 Å². The van der Waals surface area contributed by atoms with Crippen LogP contribution in [0.15, 0.2) is 11.3 Å². The van der Waals surface area contributed by atoms with Crippen molar-refractivity contribution in [1.29, 1.82) is 0 Å². The van der Waals surface area contributed by atoms with Crippen molar-refractivity contribution in [3.63, 3.8) is 0 Å². The SMILES string of the molecule is [Si]C1=CC1. The molecule has 3 radical (unpaired) electrons. The van der Waals surface area contributed by atoms with Gasteiger partial charge in [-0.1, -0.05) is 11.3 Å². The first kappa shape index (κ1) is 2.21. The third kappa shape index (κ3) is 0.205. The summed E-state index contributed by atoms with van der Waals surface area (Å²) in [4.78, 5) is 0. The van der Waals surface area contributed by atoms with Crippen molar-refractivity contribution in [2.24, 2.45) is 0 Å². The molecule has 0 fully saturated rings. The number of hydrogen-bond acceptors (Lipinski definition) is 0. The van der Waals surface area contributed by atoms with Crippen LogP contribution in [0.4, 0.5) is 0 Å². The summed E-state index contributed by atoms with van der Waals surface area (Å²) in [5.74, 6) is 0. The van der Waals surface area contributed by atoms with Crippen LogP contribution in [0.25, 0.3) is 0 Å². The van der Waals surface area contributed by atoms with E-state index in [4.69, 9.17) is 0 Å². The normalized spacial score (nSPS) is 19.8. The van der Waals surface area contributed by atoms with Gasteiger partial charge in [0.25, 0.3) is 0 Å². The van der Waals surface area contributed by atoms with Crippen LogP contribution in [-0.4, -0.2) is 10.2 Å². The molecule has 1 heteroatoms. The molecule has 1 rings (SSSR count). The van der Waals surface area contributed by atoms with E-state index in [1.54, 1.807) is 0 Å². The summed E-state index contributed by atoms with van der Waals surface area (Å²) in [6.45, 7) is 0. The second-order valence-corrected chi connectivity index (χ2v) is 1.58. The molecule has 1 aliphatic rings. The van der Waals surface area contributed by atoms with Crippen LogP contribution in [0.2, 0.25) is 0 Å². The molecule has 0 nitrogen and oxygen atoms in total. The van der Waals surface area contributed by atoms with Crippen LogP contribution in [0.3, 0.4) is 0 Å². The standard InChI is InChI=1S/C3H3Si/c4-3-1-2-3/h1H,2H2. The van der Waals surface area contributed by atoms with E-state index in [-0.39, 0.29) is 0 Å². The second kappa shape index (κ2) is 0.461. The lowest BCUT2D eigenvalue weighted by Crippen LogP contribution is -1.43. The summed E-state index contributed by atoms with van der Waals surface area (Å²) in [5, 5.41) is 1.35. The lowest BCUT2D eigenvalue weighted by Gasteiger charge is -1.45. The molecule has 0 unspecified atom stereocenters. The van der Waals surface area contributed by atoms with E-state index in [0.717, 1.165) is 0 Å². The monoisotopic (exact) mass is 67.0 g/mol. The minimum Gasteiger partial charge on any atom is -0.0883 e. The largest absolute Gasteiger partial charge is 0.0883 e. The quantitative estimate of drug-likeness (QED) is 0.361. The van der Waals surface area contributed by atoms with E-state index < -0.39 is 0 Å². The molecule has 0 heterocycles. The summed E-state index contributed by atoms with van der Waals surface area (Å²) < 4.78 is 0. The van der Waals surface area contributed by atoms with E-state index >= 15 is 0 Å². The third-order valence-corrected chi connectivity index (χ3v) is 0.816. The Morgan fingerprint density at radius 3 is 2.25 bits per heavy atom. The first-order valence-electron chi connectivity index (χ1n) is 1.30. The van der Waals surface area contributed by atoms with Crippen LogP contribution in [0, 0.1) is 0 Å². The van der Waals surface area contributed by atoms with Gasteiger partial charge < -0.3 is 0 Å². The number of hydrogen-bond donors (Lipinski definition) is 0. The molecule has 0 atom stereocenters. The molecule has 0 aromatic rings. The van der Waals surface area contributed by atoms with E-state index in [2.05, 4.69) is 16.3 Å². The van der Waals surface area contributed by atoms with Crippen molar-refractivity contribution in [3.8, 4) is 0 Å². The minimum atomic E-state index is 1.19. The van der Waals surface area contributed by atoms with Crippen molar-refractivity contribution < 1.29 is 0 Å². The first-order valence-corrected chi connectivity index (χ1v) is 1.80. The van der Waals surface area contributed by atoms with Gasteiger partial charge in [0.2, 0.25) is 0 Å². The fourth-order valence-corrected chi connectivity index (χ4v) is 0.153. The average Bonchev–Trinajstić information content (AvgIpc) is 1.75. The zero-order valence-corrected chi connectivity index (χ0v) is 3.28. The molecule has 0 amide bonds. The summed E-state index contributed by atoms with van der Waals surface area (Å²) in [5.41, 5.74) is 0. The predicted octanol–water partition coefficient (Wildman–Crippen LogP) is 0.442. The Morgan fingerprint density at radius 2 is 2.25 bits per heavy atom. The molecule has 0 N–H and O–H groups in total. The molecule has 0 aromatic carbocycles. The summed E-state index contributed by atoms with van der Waals surface area (Å²) in [6.07, 6.45) is 3.31. The first-order chi connectivity index (χ1) is 1.89. The molecule has 0 spiro atoms. The highest BCUT2D eigenvalue weighted by Crippen LogP contribution is 2.10. The van der Waals surface area contributed by atoms with Crippen LogP contribution < -0.4 is 0 Å². The molecule has 0 saturated heterocycles. The number of rotatable bonds is 0. The number of allylic oxidation sites excluding steroid dienone is 2. The van der Waals surface area contributed by atoms with Crippen LogP contribution >= 0.6 is 0 Å². The maximum atomic E-state index is 3.28. The highest BCUT2D eigenvalue weighted by atomic mass is 28.1. The average molecular weight is 67.1 g/mol. The second-order valence-electron chi connectivity index (χ2n) is 0.933. The lowest BCUT2D eigenvalue weighted by atomic mass is 10.9. The van der Waals surface area contributed by atoms with Gasteiger partial charge in [0.1, 0.15) is 0 Å². The van der Waals surface area contributed by atoms with Crippen molar-refractivity contribution in [1.82, 2.24) is 0 Å². The Balaban J connectivity index is 2.54. The van der Waals surface area contributed by atoms with Gasteiger partial charge in [-0.15, -0.1) is 0 Å². The lowest BCUT2D eigenvalue weighted by molar-refractivity contribution is 1.67. The predicted molar refractivity (Wildman–Crippen MR) is 18.5 cm³/mol. The van der Waals surface area contributed by atoms with Gasteiger partial charge in [0.05, 0.1) is 10.2 Å². The molecular formula is C3H3Si. The smallest absolute Gasteiger partial charge is 0.0650 e. The highest BCUT2D eigenvalue weighted by Gasteiger charge is 1.94. The molecule has 0 aromatic heterocycles. The summed E-state index contributed by atoms with van der Waals surface area (Å²) in [7, 11) is 3.28. The Hall–Kier alpha value is -0.0431. The van der Waals surface area contributed by atoms with Gasteiger partial charge in [0.15, 0.2) is 0 Å². The van der Waals surface area contributed by atoms with E-state index in [9.17, 15) is 0 Å². The van der Waals surface area contributed by atoms with Gasteiger partial charge in [0, 0.05) is 0 Å². The van der Waals surface area contributed by atoms with Gasteiger partial charge >= 0.3 is 0 Å². The van der Waals surface area contributed by atoms with E-state index in [1.807, 2.05) is 0 Å². The van der Waals surface area contributed by atoms with Crippen molar-refractivity contribution in [2.75, 3.05) is 0 Å². The fourth-order valence-electron chi connectivity index (χ4n) is 0.0510. The molecule has 1 aliphatic carbocycles. The topological polar surface area (TPSA) is 0 Å². The van der Waals surface area contributed by atoms with Crippen molar-refractivity contribution >= 4 is 10.2 Å². The van der Waals surface area contributed by atoms with E-state index in [0.29, 0.717) is 0 Å². The molecular weight excluding hydrogens is 64.1 g/mol. The van der Waals surface area contributed by atoms with Crippen LogP contribution in [-0.2, 0) is 0 Å². The Kier molecular flexibility index (Phi) is 0.255. The maximum Gasteiger partial charge on any atom is 0.0650 e. The van der Waals surface area contributed by atoms with Gasteiger partial charge in [-0.2, -0.15) is 0 Å². The third-order valence-electron chi connectivity index (χ3n) is 0.408. The zero-order valence-electron chi connectivity index (χ0n) is 2.28. The van der Waals surface area contributed by atoms with Gasteiger partial charge in [-0.25, -0.2) is 0 Å². The zero-order chi connectivity index (χ0) is 2.99. The molecule has 0 bridgehead atoms.